The van der Waals surface area contributed by atoms with Gasteiger partial charge in [-0.25, -0.2) is 0 Å². The zero-order valence-corrected chi connectivity index (χ0v) is 12.4. The van der Waals surface area contributed by atoms with E-state index in [0.717, 1.165) is 11.4 Å². The number of fused-ring (bicyclic) bond motifs is 1. The van der Waals surface area contributed by atoms with Gasteiger partial charge in [0.25, 0.3) is 0 Å². The van der Waals surface area contributed by atoms with Crippen LogP contribution in [0, 0.1) is 5.92 Å². The standard InChI is InChI=1S/C18H22N2/c1-11-17(12-4-6-13(19)7-5-12)15-10-14(20)8-9-16(15)18(11,2)3/h4-11,17H,19-20H2,1-3H3. The summed E-state index contributed by atoms with van der Waals surface area (Å²) in [4.78, 5) is 0. The number of hydrogen-bond acceptors (Lipinski definition) is 2. The third kappa shape index (κ3) is 1.79. The summed E-state index contributed by atoms with van der Waals surface area (Å²) in [6.07, 6.45) is 0. The summed E-state index contributed by atoms with van der Waals surface area (Å²) in [5.41, 5.74) is 17.7. The van der Waals surface area contributed by atoms with Crippen LogP contribution in [-0.2, 0) is 5.41 Å². The highest BCUT2D eigenvalue weighted by Gasteiger charge is 2.43. The Bertz CT molecular complexity index is 641. The minimum Gasteiger partial charge on any atom is -0.399 e. The normalized spacial score (nSPS) is 23.6. The molecule has 104 valence electrons. The Labute approximate surface area is 120 Å². The number of nitrogen functional groups attached to an aromatic ring is 2. The van der Waals surface area contributed by atoms with Crippen LogP contribution < -0.4 is 11.5 Å². The lowest BCUT2D eigenvalue weighted by atomic mass is 9.75. The first kappa shape index (κ1) is 13.0. The molecule has 0 saturated carbocycles. The van der Waals surface area contributed by atoms with Gasteiger partial charge < -0.3 is 11.5 Å². The molecule has 3 rings (SSSR count). The van der Waals surface area contributed by atoms with Crippen molar-refractivity contribution < 1.29 is 0 Å². The maximum absolute atomic E-state index is 6.01. The highest BCUT2D eigenvalue weighted by Crippen LogP contribution is 2.53. The van der Waals surface area contributed by atoms with E-state index in [1.165, 1.54) is 16.7 Å². The molecule has 20 heavy (non-hydrogen) atoms. The van der Waals surface area contributed by atoms with Crippen LogP contribution in [0.25, 0.3) is 0 Å². The Hall–Kier alpha value is -1.96. The van der Waals surface area contributed by atoms with Gasteiger partial charge in [0.2, 0.25) is 0 Å². The maximum Gasteiger partial charge on any atom is 0.0317 e. The Morgan fingerprint density at radius 3 is 2.15 bits per heavy atom. The van der Waals surface area contributed by atoms with Crippen LogP contribution >= 0.6 is 0 Å². The third-order valence-corrected chi connectivity index (χ3v) is 5.04. The highest BCUT2D eigenvalue weighted by atomic mass is 14.6. The van der Waals surface area contributed by atoms with Crippen molar-refractivity contribution in [3.8, 4) is 0 Å². The van der Waals surface area contributed by atoms with Crippen LogP contribution in [-0.4, -0.2) is 0 Å². The summed E-state index contributed by atoms with van der Waals surface area (Å²) in [6.45, 7) is 6.98. The smallest absolute Gasteiger partial charge is 0.0317 e. The Kier molecular flexibility index (Phi) is 2.79. The lowest BCUT2D eigenvalue weighted by Gasteiger charge is -2.28. The van der Waals surface area contributed by atoms with Crippen molar-refractivity contribution in [3.63, 3.8) is 0 Å². The molecule has 0 spiro atoms. The van der Waals surface area contributed by atoms with Gasteiger partial charge in [0, 0.05) is 17.3 Å². The molecule has 0 amide bonds. The molecule has 0 heterocycles. The van der Waals surface area contributed by atoms with Crippen molar-refractivity contribution in [2.24, 2.45) is 5.92 Å². The first-order valence-corrected chi connectivity index (χ1v) is 7.16. The average Bonchev–Trinajstić information content (AvgIpc) is 2.59. The molecule has 0 aliphatic heterocycles. The fraction of sp³-hybridized carbons (Fsp3) is 0.333. The van der Waals surface area contributed by atoms with Gasteiger partial charge in [-0.1, -0.05) is 39.0 Å². The van der Waals surface area contributed by atoms with Gasteiger partial charge in [-0.2, -0.15) is 0 Å². The van der Waals surface area contributed by atoms with E-state index in [2.05, 4.69) is 45.0 Å². The molecule has 4 N–H and O–H groups in total. The molecule has 0 radical (unpaired) electrons. The predicted octanol–water partition coefficient (Wildman–Crippen LogP) is 3.91. The van der Waals surface area contributed by atoms with E-state index < -0.39 is 0 Å². The Morgan fingerprint density at radius 1 is 0.900 bits per heavy atom. The van der Waals surface area contributed by atoms with Gasteiger partial charge in [-0.3, -0.25) is 0 Å². The summed E-state index contributed by atoms with van der Waals surface area (Å²) in [7, 11) is 0. The predicted molar refractivity (Wildman–Crippen MR) is 85.7 cm³/mol. The number of hydrogen-bond donors (Lipinski definition) is 2. The minimum atomic E-state index is 0.162. The summed E-state index contributed by atoms with van der Waals surface area (Å²) in [5, 5.41) is 0. The number of anilines is 2. The second-order valence-electron chi connectivity index (χ2n) is 6.50. The molecule has 2 atom stereocenters. The molecule has 0 saturated heterocycles. The minimum absolute atomic E-state index is 0.162. The third-order valence-electron chi connectivity index (χ3n) is 5.04. The van der Waals surface area contributed by atoms with E-state index in [1.54, 1.807) is 0 Å². The van der Waals surface area contributed by atoms with Gasteiger partial charge in [0.15, 0.2) is 0 Å². The first-order chi connectivity index (χ1) is 9.41. The monoisotopic (exact) mass is 266 g/mol. The fourth-order valence-corrected chi connectivity index (χ4v) is 3.53. The lowest BCUT2D eigenvalue weighted by Crippen LogP contribution is -2.23. The van der Waals surface area contributed by atoms with E-state index in [-0.39, 0.29) is 5.41 Å². The van der Waals surface area contributed by atoms with Crippen molar-refractivity contribution >= 4 is 11.4 Å². The molecule has 0 bridgehead atoms. The fourth-order valence-electron chi connectivity index (χ4n) is 3.53. The quantitative estimate of drug-likeness (QED) is 0.769. The van der Waals surface area contributed by atoms with Crippen LogP contribution in [0.5, 0.6) is 0 Å². The molecule has 2 nitrogen and oxygen atoms in total. The van der Waals surface area contributed by atoms with Crippen LogP contribution in [0.15, 0.2) is 42.5 Å². The van der Waals surface area contributed by atoms with E-state index in [4.69, 9.17) is 11.5 Å². The maximum atomic E-state index is 6.01. The SMILES string of the molecule is CC1C(c2ccc(N)cc2)c2cc(N)ccc2C1(C)C. The molecule has 1 aliphatic rings. The summed E-state index contributed by atoms with van der Waals surface area (Å²) in [5.74, 6) is 0.923. The van der Waals surface area contributed by atoms with Crippen LogP contribution in [0.2, 0.25) is 0 Å². The van der Waals surface area contributed by atoms with E-state index in [9.17, 15) is 0 Å². The molecule has 2 heteroatoms. The molecule has 1 aliphatic carbocycles. The summed E-state index contributed by atoms with van der Waals surface area (Å²) < 4.78 is 0. The molecule has 2 unspecified atom stereocenters. The summed E-state index contributed by atoms with van der Waals surface area (Å²) >= 11 is 0. The summed E-state index contributed by atoms with van der Waals surface area (Å²) in [6, 6.07) is 14.6. The molecular formula is C18H22N2. The van der Waals surface area contributed by atoms with Crippen molar-refractivity contribution in [1.29, 1.82) is 0 Å². The Morgan fingerprint density at radius 2 is 1.50 bits per heavy atom. The number of nitrogens with two attached hydrogens (primary N) is 2. The van der Waals surface area contributed by atoms with E-state index >= 15 is 0 Å². The molecule has 0 aromatic heterocycles. The van der Waals surface area contributed by atoms with Gasteiger partial charge >= 0.3 is 0 Å². The zero-order valence-electron chi connectivity index (χ0n) is 12.4. The van der Waals surface area contributed by atoms with Crippen LogP contribution in [0.4, 0.5) is 11.4 Å². The first-order valence-electron chi connectivity index (χ1n) is 7.16. The lowest BCUT2D eigenvalue weighted by molar-refractivity contribution is 0.352. The highest BCUT2D eigenvalue weighted by molar-refractivity contribution is 5.56. The van der Waals surface area contributed by atoms with E-state index in [0.29, 0.717) is 11.8 Å². The molecule has 2 aromatic carbocycles. The van der Waals surface area contributed by atoms with Crippen molar-refractivity contribution in [3.05, 3.63) is 59.2 Å². The largest absolute Gasteiger partial charge is 0.399 e. The molecule has 0 fully saturated rings. The van der Waals surface area contributed by atoms with Gasteiger partial charge in [-0.15, -0.1) is 0 Å². The van der Waals surface area contributed by atoms with E-state index in [1.807, 2.05) is 18.2 Å². The molecule has 2 aromatic rings. The number of rotatable bonds is 1. The van der Waals surface area contributed by atoms with Gasteiger partial charge in [-0.05, 0) is 52.3 Å². The Balaban J connectivity index is 2.17. The van der Waals surface area contributed by atoms with Gasteiger partial charge in [0.05, 0.1) is 0 Å². The van der Waals surface area contributed by atoms with Crippen molar-refractivity contribution in [1.82, 2.24) is 0 Å². The zero-order chi connectivity index (χ0) is 14.5. The second-order valence-corrected chi connectivity index (χ2v) is 6.50. The second kappa shape index (κ2) is 4.27. The van der Waals surface area contributed by atoms with Crippen molar-refractivity contribution in [2.45, 2.75) is 32.1 Å². The van der Waals surface area contributed by atoms with Crippen molar-refractivity contribution in [2.75, 3.05) is 11.5 Å². The van der Waals surface area contributed by atoms with Crippen LogP contribution in [0.3, 0.4) is 0 Å². The molecular weight excluding hydrogens is 244 g/mol. The van der Waals surface area contributed by atoms with Gasteiger partial charge in [0.1, 0.15) is 0 Å². The average molecular weight is 266 g/mol. The topological polar surface area (TPSA) is 52.0 Å². The van der Waals surface area contributed by atoms with Crippen LogP contribution in [0.1, 0.15) is 43.4 Å². The number of benzene rings is 2.